The number of unbranched alkanes of at least 4 members (excludes halogenated alkanes) is 17. The van der Waals surface area contributed by atoms with Gasteiger partial charge in [-0.15, -0.1) is 0 Å². The van der Waals surface area contributed by atoms with E-state index in [0.717, 1.165) is 76.0 Å². The molecule has 0 radical (unpaired) electrons. The number of ether oxygens (including phenoxy) is 3. The van der Waals surface area contributed by atoms with Crippen LogP contribution in [0.2, 0.25) is 0 Å². The van der Waals surface area contributed by atoms with E-state index in [0.29, 0.717) is 19.3 Å². The smallest absolute Gasteiger partial charge is 0.306 e. The van der Waals surface area contributed by atoms with Gasteiger partial charge in [0.05, 0.1) is 0 Å². The van der Waals surface area contributed by atoms with Crippen molar-refractivity contribution in [1.82, 2.24) is 0 Å². The molecule has 1 unspecified atom stereocenters. The van der Waals surface area contributed by atoms with Crippen molar-refractivity contribution in [2.75, 3.05) is 13.2 Å². The second-order valence-electron chi connectivity index (χ2n) is 13.9. The SMILES string of the molecule is CCCCCCCC(=O)OC[C@@H](COC(=O)CCCCCCCCCCC(C)CC)OC(=O)CCCCCCCCCC(C)C. The molecule has 0 saturated heterocycles. The molecule has 0 aromatic carbocycles. The first kappa shape index (κ1) is 43.4. The van der Waals surface area contributed by atoms with E-state index in [-0.39, 0.29) is 31.1 Å². The van der Waals surface area contributed by atoms with Crippen LogP contribution < -0.4 is 0 Å². The summed E-state index contributed by atoms with van der Waals surface area (Å²) in [7, 11) is 0. The third-order valence-corrected chi connectivity index (χ3v) is 8.83. The van der Waals surface area contributed by atoms with E-state index in [1.165, 1.54) is 83.5 Å². The van der Waals surface area contributed by atoms with Gasteiger partial charge in [-0.3, -0.25) is 14.4 Å². The average Bonchev–Trinajstić information content (AvgIpc) is 3.01. The molecule has 0 aliphatic rings. The maximum Gasteiger partial charge on any atom is 0.306 e. The summed E-state index contributed by atoms with van der Waals surface area (Å²) in [6.45, 7) is 11.2. The molecule has 0 fully saturated rings. The van der Waals surface area contributed by atoms with Crippen LogP contribution in [0.25, 0.3) is 0 Å². The molecule has 0 aromatic rings. The van der Waals surface area contributed by atoms with Crippen LogP contribution in [0.3, 0.4) is 0 Å². The molecule has 0 bridgehead atoms. The second kappa shape index (κ2) is 32.4. The second-order valence-corrected chi connectivity index (χ2v) is 13.9. The summed E-state index contributed by atoms with van der Waals surface area (Å²) < 4.78 is 16.5. The minimum Gasteiger partial charge on any atom is -0.462 e. The molecule has 2 atom stereocenters. The molecule has 0 saturated carbocycles. The average molecular weight is 639 g/mol. The molecule has 0 N–H and O–H groups in total. The van der Waals surface area contributed by atoms with Crippen LogP contribution in [0.5, 0.6) is 0 Å². The minimum absolute atomic E-state index is 0.0681. The Labute approximate surface area is 278 Å². The number of carbonyl (C=O) groups excluding carboxylic acids is 3. The van der Waals surface area contributed by atoms with Gasteiger partial charge < -0.3 is 14.2 Å². The van der Waals surface area contributed by atoms with E-state index in [9.17, 15) is 14.4 Å². The molecule has 6 heteroatoms. The molecule has 0 aromatic heterocycles. The van der Waals surface area contributed by atoms with Crippen molar-refractivity contribution in [3.8, 4) is 0 Å². The lowest BCUT2D eigenvalue weighted by Gasteiger charge is -2.18. The first-order valence-electron chi connectivity index (χ1n) is 19.3. The van der Waals surface area contributed by atoms with E-state index >= 15 is 0 Å². The van der Waals surface area contributed by atoms with Gasteiger partial charge in [-0.05, 0) is 31.1 Å². The quantitative estimate of drug-likeness (QED) is 0.0404. The standard InChI is InChI=1S/C39H74O6/c1-6-8-9-17-24-29-37(40)43-32-36(45-39(42)31-26-21-16-12-13-18-22-27-34(3)4)33-44-38(41)30-25-20-15-11-10-14-19-23-28-35(5)7-2/h34-36H,6-33H2,1-5H3/t35?,36-/m0/s1. The summed E-state index contributed by atoms with van der Waals surface area (Å²) >= 11 is 0. The van der Waals surface area contributed by atoms with E-state index in [1.807, 2.05) is 0 Å². The van der Waals surface area contributed by atoms with Gasteiger partial charge in [0.25, 0.3) is 0 Å². The lowest BCUT2D eigenvalue weighted by Crippen LogP contribution is -2.30. The number of hydrogen-bond donors (Lipinski definition) is 0. The Bertz CT molecular complexity index is 691. The molecule has 266 valence electrons. The minimum atomic E-state index is -0.758. The maximum absolute atomic E-state index is 12.5. The highest BCUT2D eigenvalue weighted by molar-refractivity contribution is 5.71. The molecule has 0 aliphatic carbocycles. The zero-order valence-electron chi connectivity index (χ0n) is 30.5. The van der Waals surface area contributed by atoms with Crippen LogP contribution in [0.4, 0.5) is 0 Å². The molecule has 0 aliphatic heterocycles. The normalized spacial score (nSPS) is 12.7. The first-order valence-corrected chi connectivity index (χ1v) is 19.3. The fourth-order valence-corrected chi connectivity index (χ4v) is 5.48. The lowest BCUT2D eigenvalue weighted by molar-refractivity contribution is -0.167. The molecule has 45 heavy (non-hydrogen) atoms. The zero-order valence-corrected chi connectivity index (χ0v) is 30.5. The topological polar surface area (TPSA) is 78.9 Å². The summed E-state index contributed by atoms with van der Waals surface area (Å²) in [5.74, 6) is 0.741. The molecular formula is C39H74O6. The Balaban J connectivity index is 4.29. The Morgan fingerprint density at radius 3 is 1.27 bits per heavy atom. The van der Waals surface area contributed by atoms with Crippen molar-refractivity contribution in [3.63, 3.8) is 0 Å². The Morgan fingerprint density at radius 2 is 0.844 bits per heavy atom. The number of rotatable bonds is 33. The van der Waals surface area contributed by atoms with Crippen LogP contribution in [0.1, 0.15) is 202 Å². The molecule has 6 nitrogen and oxygen atoms in total. The highest BCUT2D eigenvalue weighted by Crippen LogP contribution is 2.16. The van der Waals surface area contributed by atoms with Gasteiger partial charge in [0.15, 0.2) is 6.10 Å². The van der Waals surface area contributed by atoms with Gasteiger partial charge in [0.1, 0.15) is 13.2 Å². The van der Waals surface area contributed by atoms with Crippen molar-refractivity contribution in [1.29, 1.82) is 0 Å². The van der Waals surface area contributed by atoms with Gasteiger partial charge in [-0.1, -0.05) is 163 Å². The fourth-order valence-electron chi connectivity index (χ4n) is 5.48. The summed E-state index contributed by atoms with van der Waals surface area (Å²) in [4.78, 5) is 37.2. The van der Waals surface area contributed by atoms with Gasteiger partial charge in [0, 0.05) is 19.3 Å². The highest BCUT2D eigenvalue weighted by Gasteiger charge is 2.19. The number of carbonyl (C=O) groups is 3. The van der Waals surface area contributed by atoms with Gasteiger partial charge in [-0.2, -0.15) is 0 Å². The number of hydrogen-bond acceptors (Lipinski definition) is 6. The van der Waals surface area contributed by atoms with Crippen molar-refractivity contribution in [2.24, 2.45) is 11.8 Å². The third kappa shape index (κ3) is 32.2. The maximum atomic E-state index is 12.5. The lowest BCUT2D eigenvalue weighted by atomic mass is 9.99. The monoisotopic (exact) mass is 639 g/mol. The predicted octanol–water partition coefficient (Wildman–Crippen LogP) is 11.5. The van der Waals surface area contributed by atoms with E-state index in [1.54, 1.807) is 0 Å². The van der Waals surface area contributed by atoms with Crippen molar-refractivity contribution in [3.05, 3.63) is 0 Å². The molecule has 0 heterocycles. The largest absolute Gasteiger partial charge is 0.462 e. The fraction of sp³-hybridized carbons (Fsp3) is 0.923. The summed E-state index contributed by atoms with van der Waals surface area (Å²) in [6.07, 6.45) is 26.9. The van der Waals surface area contributed by atoms with Crippen LogP contribution in [0, 0.1) is 11.8 Å². The van der Waals surface area contributed by atoms with E-state index < -0.39 is 6.10 Å². The van der Waals surface area contributed by atoms with Crippen molar-refractivity contribution < 1.29 is 28.6 Å². The Morgan fingerprint density at radius 1 is 0.467 bits per heavy atom. The third-order valence-electron chi connectivity index (χ3n) is 8.83. The van der Waals surface area contributed by atoms with Crippen LogP contribution in [0.15, 0.2) is 0 Å². The zero-order chi connectivity index (χ0) is 33.4. The van der Waals surface area contributed by atoms with Crippen molar-refractivity contribution in [2.45, 2.75) is 208 Å². The van der Waals surface area contributed by atoms with Gasteiger partial charge in [-0.25, -0.2) is 0 Å². The summed E-state index contributed by atoms with van der Waals surface area (Å²) in [6, 6.07) is 0. The van der Waals surface area contributed by atoms with Gasteiger partial charge in [0.2, 0.25) is 0 Å². The molecule has 0 spiro atoms. The first-order chi connectivity index (χ1) is 21.8. The summed E-state index contributed by atoms with van der Waals surface area (Å²) in [5, 5.41) is 0. The van der Waals surface area contributed by atoms with Crippen LogP contribution >= 0.6 is 0 Å². The van der Waals surface area contributed by atoms with Crippen molar-refractivity contribution >= 4 is 17.9 Å². The van der Waals surface area contributed by atoms with Gasteiger partial charge >= 0.3 is 17.9 Å². The van der Waals surface area contributed by atoms with E-state index in [4.69, 9.17) is 14.2 Å². The van der Waals surface area contributed by atoms with Crippen LogP contribution in [-0.2, 0) is 28.6 Å². The predicted molar refractivity (Wildman–Crippen MR) is 187 cm³/mol. The Hall–Kier alpha value is -1.59. The molecular weight excluding hydrogens is 564 g/mol. The van der Waals surface area contributed by atoms with E-state index in [2.05, 4.69) is 34.6 Å². The number of esters is 3. The molecule has 0 amide bonds. The van der Waals surface area contributed by atoms with Crippen LogP contribution in [-0.4, -0.2) is 37.2 Å². The Kier molecular flexibility index (Phi) is 31.2. The summed E-state index contributed by atoms with van der Waals surface area (Å²) in [5.41, 5.74) is 0. The highest BCUT2D eigenvalue weighted by atomic mass is 16.6. The molecule has 0 rings (SSSR count).